The second-order valence-electron chi connectivity index (χ2n) is 6.34. The van der Waals surface area contributed by atoms with Crippen LogP contribution in [0.2, 0.25) is 0 Å². The Morgan fingerprint density at radius 1 is 1.46 bits per heavy atom. The van der Waals surface area contributed by atoms with Gasteiger partial charge in [-0.2, -0.15) is 13.2 Å². The van der Waals surface area contributed by atoms with E-state index in [-0.39, 0.29) is 23.5 Å². The molecule has 0 saturated carbocycles. The molecule has 136 valence electrons. The molecule has 1 saturated heterocycles. The molecule has 1 N–H and O–H groups in total. The van der Waals surface area contributed by atoms with Crippen LogP contribution in [0.15, 0.2) is 10.6 Å². The fourth-order valence-electron chi connectivity index (χ4n) is 3.10. The van der Waals surface area contributed by atoms with Gasteiger partial charge in [-0.15, -0.1) is 0 Å². The molecule has 2 heterocycles. The van der Waals surface area contributed by atoms with E-state index in [0.717, 1.165) is 18.5 Å². The van der Waals surface area contributed by atoms with Gasteiger partial charge in [0.25, 0.3) is 5.91 Å². The lowest BCUT2D eigenvalue weighted by Gasteiger charge is -2.17. The maximum Gasteiger partial charge on any atom is 0.401 e. The fourth-order valence-corrected chi connectivity index (χ4v) is 3.10. The lowest BCUT2D eigenvalue weighted by atomic mass is 9.99. The van der Waals surface area contributed by atoms with Crippen LogP contribution in [0.25, 0.3) is 0 Å². The SMILES string of the molecule is CCC(CC)c1cc(C(=O)NC[C@@H]2CCN(CC(F)(F)F)C2)on1. The van der Waals surface area contributed by atoms with Crippen molar-refractivity contribution in [3.8, 4) is 0 Å². The zero-order valence-electron chi connectivity index (χ0n) is 14.0. The van der Waals surface area contributed by atoms with E-state index in [0.29, 0.717) is 26.1 Å². The number of likely N-dealkylation sites (tertiary alicyclic amines) is 1. The van der Waals surface area contributed by atoms with Crippen LogP contribution >= 0.6 is 0 Å². The maximum absolute atomic E-state index is 12.4. The molecular formula is C16H24F3N3O2. The summed E-state index contributed by atoms with van der Waals surface area (Å²) >= 11 is 0. The average molecular weight is 347 g/mol. The highest BCUT2D eigenvalue weighted by atomic mass is 19.4. The molecular weight excluding hydrogens is 323 g/mol. The molecule has 1 aromatic heterocycles. The standard InChI is InChI=1S/C16H24F3N3O2/c1-3-12(4-2)13-7-14(24-21-13)15(23)20-8-11-5-6-22(9-11)10-16(17,18)19/h7,11-12H,3-6,8-10H2,1-2H3,(H,20,23)/t11-/m0/s1. The van der Waals surface area contributed by atoms with Crippen LogP contribution in [0.4, 0.5) is 13.2 Å². The van der Waals surface area contributed by atoms with Crippen molar-refractivity contribution in [3.05, 3.63) is 17.5 Å². The van der Waals surface area contributed by atoms with Gasteiger partial charge in [-0.05, 0) is 31.7 Å². The third-order valence-electron chi connectivity index (χ3n) is 4.48. The first-order chi connectivity index (χ1) is 11.3. The quantitative estimate of drug-likeness (QED) is 0.823. The maximum atomic E-state index is 12.4. The number of carbonyl (C=O) groups is 1. The normalized spacial score (nSPS) is 19.2. The Kier molecular flexibility index (Phi) is 6.26. The highest BCUT2D eigenvalue weighted by Crippen LogP contribution is 2.23. The lowest BCUT2D eigenvalue weighted by Crippen LogP contribution is -2.34. The van der Waals surface area contributed by atoms with Gasteiger partial charge in [-0.25, -0.2) is 0 Å². The molecule has 0 spiro atoms. The van der Waals surface area contributed by atoms with E-state index in [1.165, 1.54) is 4.90 Å². The van der Waals surface area contributed by atoms with Gasteiger partial charge in [-0.3, -0.25) is 9.69 Å². The fraction of sp³-hybridized carbons (Fsp3) is 0.750. The monoisotopic (exact) mass is 347 g/mol. The number of rotatable bonds is 7. The molecule has 0 unspecified atom stereocenters. The Morgan fingerprint density at radius 2 is 2.17 bits per heavy atom. The van der Waals surface area contributed by atoms with E-state index in [4.69, 9.17) is 4.52 Å². The molecule has 1 aromatic rings. The van der Waals surface area contributed by atoms with E-state index in [9.17, 15) is 18.0 Å². The van der Waals surface area contributed by atoms with Gasteiger partial charge in [-0.1, -0.05) is 19.0 Å². The first-order valence-electron chi connectivity index (χ1n) is 8.36. The van der Waals surface area contributed by atoms with E-state index < -0.39 is 12.7 Å². The summed E-state index contributed by atoms with van der Waals surface area (Å²) in [4.78, 5) is 13.5. The number of nitrogens with zero attached hydrogens (tertiary/aromatic N) is 2. The Morgan fingerprint density at radius 3 is 2.79 bits per heavy atom. The van der Waals surface area contributed by atoms with Gasteiger partial charge >= 0.3 is 6.18 Å². The predicted molar refractivity (Wildman–Crippen MR) is 82.8 cm³/mol. The highest BCUT2D eigenvalue weighted by Gasteiger charge is 2.34. The Balaban J connectivity index is 1.80. The molecule has 5 nitrogen and oxygen atoms in total. The summed E-state index contributed by atoms with van der Waals surface area (Å²) in [6.07, 6.45) is -1.70. The van der Waals surface area contributed by atoms with Crippen LogP contribution < -0.4 is 5.32 Å². The van der Waals surface area contributed by atoms with Crippen LogP contribution in [0.5, 0.6) is 0 Å². The van der Waals surface area contributed by atoms with Crippen molar-refractivity contribution in [2.75, 3.05) is 26.2 Å². The number of alkyl halides is 3. The zero-order valence-corrected chi connectivity index (χ0v) is 14.0. The zero-order chi connectivity index (χ0) is 17.7. The van der Waals surface area contributed by atoms with Crippen molar-refractivity contribution in [1.82, 2.24) is 15.4 Å². The topological polar surface area (TPSA) is 58.4 Å². The van der Waals surface area contributed by atoms with Crippen LogP contribution in [0.1, 0.15) is 55.3 Å². The molecule has 0 aliphatic carbocycles. The second kappa shape index (κ2) is 8.00. The summed E-state index contributed by atoms with van der Waals surface area (Å²) in [5.74, 6) is 0.0785. The minimum atomic E-state index is -4.18. The Bertz CT molecular complexity index is 541. The summed E-state index contributed by atoms with van der Waals surface area (Å²) in [6.45, 7) is 4.30. The molecule has 24 heavy (non-hydrogen) atoms. The molecule has 1 fully saturated rings. The van der Waals surface area contributed by atoms with Crippen molar-refractivity contribution < 1.29 is 22.5 Å². The number of aromatic nitrogens is 1. The molecule has 0 aromatic carbocycles. The van der Waals surface area contributed by atoms with E-state index in [1.54, 1.807) is 6.07 Å². The second-order valence-corrected chi connectivity index (χ2v) is 6.34. The van der Waals surface area contributed by atoms with Crippen molar-refractivity contribution in [1.29, 1.82) is 0 Å². The first-order valence-corrected chi connectivity index (χ1v) is 8.36. The lowest BCUT2D eigenvalue weighted by molar-refractivity contribution is -0.143. The van der Waals surface area contributed by atoms with Crippen molar-refractivity contribution >= 4 is 5.91 Å². The molecule has 0 bridgehead atoms. The number of amides is 1. The molecule has 2 rings (SSSR count). The summed E-state index contributed by atoms with van der Waals surface area (Å²) < 4.78 is 42.2. The van der Waals surface area contributed by atoms with Crippen molar-refractivity contribution in [3.63, 3.8) is 0 Å². The predicted octanol–water partition coefficient (Wildman–Crippen LogP) is 3.19. The van der Waals surface area contributed by atoms with Gasteiger partial charge in [0, 0.05) is 25.1 Å². The highest BCUT2D eigenvalue weighted by molar-refractivity contribution is 5.91. The summed E-state index contributed by atoms with van der Waals surface area (Å²) in [6, 6.07) is 1.65. The first kappa shape index (κ1) is 18.8. The molecule has 1 aliphatic rings. The third-order valence-corrected chi connectivity index (χ3v) is 4.48. The summed E-state index contributed by atoms with van der Waals surface area (Å²) in [5, 5.41) is 6.67. The van der Waals surface area contributed by atoms with Crippen molar-refractivity contribution in [2.24, 2.45) is 5.92 Å². The van der Waals surface area contributed by atoms with Gasteiger partial charge < -0.3 is 9.84 Å². The minimum Gasteiger partial charge on any atom is -0.351 e. The van der Waals surface area contributed by atoms with Gasteiger partial charge in [0.2, 0.25) is 5.76 Å². The van der Waals surface area contributed by atoms with Gasteiger partial charge in [0.15, 0.2) is 0 Å². The van der Waals surface area contributed by atoms with Crippen LogP contribution in [0.3, 0.4) is 0 Å². The smallest absolute Gasteiger partial charge is 0.351 e. The van der Waals surface area contributed by atoms with Crippen molar-refractivity contribution in [2.45, 2.75) is 45.2 Å². The number of halogens is 3. The largest absolute Gasteiger partial charge is 0.401 e. The van der Waals surface area contributed by atoms with Crippen LogP contribution in [-0.2, 0) is 0 Å². The number of hydrogen-bond donors (Lipinski definition) is 1. The van der Waals surface area contributed by atoms with E-state index >= 15 is 0 Å². The Labute approximate surface area is 139 Å². The van der Waals surface area contributed by atoms with Gasteiger partial charge in [0.05, 0.1) is 12.2 Å². The van der Waals surface area contributed by atoms with E-state index in [2.05, 4.69) is 24.3 Å². The molecule has 1 atom stereocenters. The molecule has 1 amide bonds. The molecule has 0 radical (unpaired) electrons. The number of carbonyl (C=O) groups excluding carboxylic acids is 1. The third kappa shape index (κ3) is 5.22. The minimum absolute atomic E-state index is 0.0257. The summed E-state index contributed by atoms with van der Waals surface area (Å²) in [5.41, 5.74) is 0.766. The van der Waals surface area contributed by atoms with Crippen LogP contribution in [-0.4, -0.2) is 48.3 Å². The number of nitrogens with one attached hydrogen (secondary N) is 1. The molecule has 1 aliphatic heterocycles. The van der Waals surface area contributed by atoms with E-state index in [1.807, 2.05) is 0 Å². The molecule has 8 heteroatoms. The van der Waals surface area contributed by atoms with Gasteiger partial charge in [0.1, 0.15) is 0 Å². The number of hydrogen-bond acceptors (Lipinski definition) is 4. The Hall–Kier alpha value is -1.57. The van der Waals surface area contributed by atoms with Crippen LogP contribution in [0, 0.1) is 5.92 Å². The summed E-state index contributed by atoms with van der Waals surface area (Å²) in [7, 11) is 0. The average Bonchev–Trinajstić information content (AvgIpc) is 3.14.